The molecule has 4 aromatic rings. The lowest BCUT2D eigenvalue weighted by atomic mass is 10.00. The molecule has 4 rings (SSSR count). The van der Waals surface area contributed by atoms with Gasteiger partial charge in [-0.05, 0) is 37.6 Å². The molecule has 0 saturated carbocycles. The fraction of sp³-hybridized carbons (Fsp3) is 0.367. The summed E-state index contributed by atoms with van der Waals surface area (Å²) in [6.07, 6.45) is -2.95. The number of hydrogen-bond donors (Lipinski definition) is 3. The number of amides is 1. The minimum atomic E-state index is -4.88. The maximum Gasteiger partial charge on any atom is 0.412 e. The zero-order valence-electron chi connectivity index (χ0n) is 25.3. The number of nitrogens with one attached hydrogen (secondary N) is 1. The molecule has 17 heteroatoms. The van der Waals surface area contributed by atoms with Gasteiger partial charge in [-0.25, -0.2) is 13.9 Å². The highest BCUT2D eigenvalue weighted by atomic mass is 31.2. The third kappa shape index (κ3) is 8.37. The molecule has 2 atom stereocenters. The molecule has 0 saturated heterocycles. The number of alkyl halides is 4. The van der Waals surface area contributed by atoms with Gasteiger partial charge in [0.2, 0.25) is 5.88 Å². The highest BCUT2D eigenvalue weighted by Gasteiger charge is 2.37. The zero-order chi connectivity index (χ0) is 34.5. The van der Waals surface area contributed by atoms with Gasteiger partial charge in [0, 0.05) is 36.3 Å². The van der Waals surface area contributed by atoms with Crippen LogP contribution in [0.25, 0.3) is 21.7 Å². The van der Waals surface area contributed by atoms with Crippen LogP contribution in [0, 0.1) is 5.82 Å². The van der Waals surface area contributed by atoms with Crippen LogP contribution in [0.5, 0.6) is 11.6 Å². The average Bonchev–Trinajstić information content (AvgIpc) is 3.34. The number of rotatable bonds is 14. The molecule has 254 valence electrons. The van der Waals surface area contributed by atoms with Crippen LogP contribution in [0.4, 0.5) is 22.0 Å². The summed E-state index contributed by atoms with van der Waals surface area (Å²) in [5.41, 5.74) is 0.346. The van der Waals surface area contributed by atoms with E-state index in [-0.39, 0.29) is 40.4 Å². The van der Waals surface area contributed by atoms with Crippen LogP contribution in [-0.2, 0) is 25.2 Å². The van der Waals surface area contributed by atoms with E-state index in [4.69, 9.17) is 9.26 Å². The van der Waals surface area contributed by atoms with Crippen molar-refractivity contribution in [3.05, 3.63) is 65.7 Å². The van der Waals surface area contributed by atoms with Gasteiger partial charge in [-0.1, -0.05) is 18.2 Å². The molecule has 2 aromatic carbocycles. The third-order valence-corrected chi connectivity index (χ3v) is 9.23. The topological polar surface area (TPSA) is 143 Å². The van der Waals surface area contributed by atoms with Crippen LogP contribution in [-0.4, -0.2) is 87.9 Å². The third-order valence-electron chi connectivity index (χ3n) is 7.11. The Morgan fingerprint density at radius 3 is 2.47 bits per heavy atom. The van der Waals surface area contributed by atoms with Gasteiger partial charge in [0.25, 0.3) is 13.4 Å². The number of nitrogens with zero attached hydrogens (tertiary/aromatic N) is 3. The molecule has 0 aliphatic rings. The van der Waals surface area contributed by atoms with Gasteiger partial charge in [0.15, 0.2) is 12.4 Å². The molecule has 11 nitrogen and oxygen atoms in total. The summed E-state index contributed by atoms with van der Waals surface area (Å²) in [5.74, 6) is -3.18. The van der Waals surface area contributed by atoms with Crippen LogP contribution in [0.3, 0.4) is 0 Å². The number of phenolic OH excluding ortho intramolecular Hbond substituents is 1. The van der Waals surface area contributed by atoms with Crippen LogP contribution in [0.2, 0.25) is 0 Å². The van der Waals surface area contributed by atoms with Gasteiger partial charge >= 0.3 is 12.1 Å². The van der Waals surface area contributed by atoms with Gasteiger partial charge in [0.05, 0.1) is 30.3 Å². The number of halogens is 5. The van der Waals surface area contributed by atoms with Gasteiger partial charge < -0.3 is 28.9 Å². The second-order valence-electron chi connectivity index (χ2n) is 10.5. The summed E-state index contributed by atoms with van der Waals surface area (Å²) in [4.78, 5) is 31.3. The summed E-state index contributed by atoms with van der Waals surface area (Å²) < 4.78 is 90.9. The van der Waals surface area contributed by atoms with Gasteiger partial charge in [-0.2, -0.15) is 13.2 Å². The first-order valence-electron chi connectivity index (χ1n) is 14.3. The van der Waals surface area contributed by atoms with E-state index in [1.807, 2.05) is 0 Å². The Balaban J connectivity index is 1.75. The second-order valence-corrected chi connectivity index (χ2v) is 12.8. The Labute approximate surface area is 265 Å². The first-order chi connectivity index (χ1) is 22.2. The van der Waals surface area contributed by atoms with Crippen molar-refractivity contribution in [3.63, 3.8) is 0 Å². The van der Waals surface area contributed by atoms with Crippen molar-refractivity contribution < 1.29 is 55.6 Å². The molecule has 0 spiro atoms. The van der Waals surface area contributed by atoms with E-state index in [2.05, 4.69) is 10.1 Å². The molecule has 1 unspecified atom stereocenters. The Kier molecular flexibility index (Phi) is 11.1. The lowest BCUT2D eigenvalue weighted by molar-refractivity contribution is -0.153. The van der Waals surface area contributed by atoms with E-state index in [9.17, 15) is 46.3 Å². The van der Waals surface area contributed by atoms with Gasteiger partial charge in [0.1, 0.15) is 24.1 Å². The zero-order valence-corrected chi connectivity index (χ0v) is 26.2. The van der Waals surface area contributed by atoms with Crippen molar-refractivity contribution in [1.29, 1.82) is 0 Å². The normalized spacial score (nSPS) is 13.9. The van der Waals surface area contributed by atoms with E-state index < -0.39 is 81.6 Å². The summed E-state index contributed by atoms with van der Waals surface area (Å²) in [5, 5.41) is 24.4. The number of carbonyl (C=O) groups is 2. The fourth-order valence-electron chi connectivity index (χ4n) is 4.95. The monoisotopic (exact) mass is 686 g/mol. The molecule has 0 aliphatic heterocycles. The minimum Gasteiger partial charge on any atom is -0.505 e. The van der Waals surface area contributed by atoms with Gasteiger partial charge in [-0.3, -0.25) is 19.1 Å². The van der Waals surface area contributed by atoms with Crippen molar-refractivity contribution in [2.24, 2.45) is 0 Å². The van der Waals surface area contributed by atoms with E-state index in [0.717, 1.165) is 4.90 Å². The fourth-order valence-corrected chi connectivity index (χ4v) is 6.84. The minimum absolute atomic E-state index is 0.00409. The predicted octanol–water partition coefficient (Wildman–Crippen LogP) is 5.51. The van der Waals surface area contributed by atoms with Crippen LogP contribution in [0.15, 0.2) is 48.8 Å². The number of esters is 1. The molecule has 47 heavy (non-hydrogen) atoms. The number of fused-ring (bicyclic) bond motifs is 2. The average molecular weight is 687 g/mol. The van der Waals surface area contributed by atoms with Crippen molar-refractivity contribution in [3.8, 4) is 11.6 Å². The van der Waals surface area contributed by atoms with Crippen LogP contribution < -0.4 is 5.09 Å². The van der Waals surface area contributed by atoms with Crippen molar-refractivity contribution in [1.82, 2.24) is 19.5 Å². The molecular weight excluding hydrogens is 654 g/mol. The standard InChI is InChI=1S/C30H32F5N4O7P/c1-3-45-29(43)18(2)37-47(44,46-17-30(33,34)35)14-13-38(12-10-31)27(41)23-21-5-4-11-36-25(21)26(40)24-22(23)16-39(28(24)42)15-19-6-8-20(32)9-7-19/h4-9,11,16,18,40,42H,3,10,12-15,17H2,1-2H3,(H,37,44)/t18-,47?/m0/s1. The van der Waals surface area contributed by atoms with Crippen LogP contribution in [0.1, 0.15) is 29.8 Å². The van der Waals surface area contributed by atoms with Crippen molar-refractivity contribution in [2.75, 3.05) is 39.1 Å². The number of benzene rings is 2. The number of aromatic hydroxyl groups is 2. The summed E-state index contributed by atoms with van der Waals surface area (Å²) in [6.45, 7) is -1.55. The summed E-state index contributed by atoms with van der Waals surface area (Å²) >= 11 is 0. The van der Waals surface area contributed by atoms with E-state index in [1.165, 1.54) is 67.2 Å². The number of ether oxygens (including phenoxy) is 1. The molecule has 0 fully saturated rings. The maximum atomic E-state index is 14.2. The molecule has 2 aromatic heterocycles. The van der Waals surface area contributed by atoms with E-state index in [0.29, 0.717) is 5.56 Å². The smallest absolute Gasteiger partial charge is 0.412 e. The largest absolute Gasteiger partial charge is 0.505 e. The Morgan fingerprint density at radius 2 is 1.83 bits per heavy atom. The molecular formula is C30H32F5N4O7P. The van der Waals surface area contributed by atoms with Crippen molar-refractivity contribution in [2.45, 2.75) is 32.6 Å². The number of phenols is 1. The molecule has 2 heterocycles. The molecule has 0 radical (unpaired) electrons. The molecule has 3 N–H and O–H groups in total. The Hall–Kier alpha value is -4.27. The summed E-state index contributed by atoms with van der Waals surface area (Å²) in [6, 6.07) is 6.96. The Bertz CT molecular complexity index is 1800. The second kappa shape index (κ2) is 14.7. The summed E-state index contributed by atoms with van der Waals surface area (Å²) in [7, 11) is -4.52. The van der Waals surface area contributed by atoms with Gasteiger partial charge in [-0.15, -0.1) is 0 Å². The Morgan fingerprint density at radius 1 is 1.13 bits per heavy atom. The number of carbonyl (C=O) groups excluding carboxylic acids is 2. The molecule has 0 aliphatic carbocycles. The van der Waals surface area contributed by atoms with Crippen LogP contribution >= 0.6 is 7.52 Å². The quantitative estimate of drug-likeness (QED) is 0.0889. The highest BCUT2D eigenvalue weighted by molar-refractivity contribution is 7.57. The lowest BCUT2D eigenvalue weighted by Crippen LogP contribution is -2.39. The lowest BCUT2D eigenvalue weighted by Gasteiger charge is -2.27. The van der Waals surface area contributed by atoms with E-state index >= 15 is 0 Å². The molecule has 1 amide bonds. The number of aromatic nitrogens is 2. The first kappa shape index (κ1) is 35.6. The van der Waals surface area contributed by atoms with E-state index in [1.54, 1.807) is 0 Å². The number of pyridine rings is 1. The molecule has 0 bridgehead atoms. The predicted molar refractivity (Wildman–Crippen MR) is 162 cm³/mol. The maximum absolute atomic E-state index is 14.2. The number of hydrogen-bond acceptors (Lipinski definition) is 8. The highest BCUT2D eigenvalue weighted by Crippen LogP contribution is 2.45. The van der Waals surface area contributed by atoms with Crippen molar-refractivity contribution >= 4 is 41.1 Å². The SMILES string of the molecule is CCOC(=O)[C@H](C)NP(=O)(CCN(CCF)C(=O)c1c2cccnc2c(O)c2c(O)n(Cc3ccc(F)cc3)cc12)OCC(F)(F)F. The first-order valence-corrected chi connectivity index (χ1v) is 16.1.